The molecule has 0 spiro atoms. The second-order valence-electron chi connectivity index (χ2n) is 3.58. The van der Waals surface area contributed by atoms with Crippen molar-refractivity contribution >= 4 is 9.84 Å². The number of nitrogens with one attached hydrogen (secondary N) is 1. The summed E-state index contributed by atoms with van der Waals surface area (Å²) in [7, 11) is -5.35. The van der Waals surface area contributed by atoms with Gasteiger partial charge in [0, 0.05) is 31.4 Å². The zero-order chi connectivity index (χ0) is 12.7. The molecule has 1 N–H and O–H groups in total. The van der Waals surface area contributed by atoms with Gasteiger partial charge in [0.25, 0.3) is 9.84 Å². The van der Waals surface area contributed by atoms with E-state index in [-0.39, 0.29) is 5.92 Å². The molecule has 1 aromatic rings. The molecule has 0 amide bonds. The summed E-state index contributed by atoms with van der Waals surface area (Å²) >= 11 is 0. The maximum atomic E-state index is 12.2. The lowest BCUT2D eigenvalue weighted by Crippen LogP contribution is -2.40. The lowest BCUT2D eigenvalue weighted by atomic mass is 10.0. The number of nitrogens with zero attached hydrogens (tertiary/aromatic N) is 2. The maximum Gasteiger partial charge on any atom is 0.502 e. The van der Waals surface area contributed by atoms with Crippen LogP contribution in [0, 0.1) is 0 Å². The van der Waals surface area contributed by atoms with E-state index in [1.54, 1.807) is 0 Å². The third kappa shape index (κ3) is 2.12. The fourth-order valence-corrected chi connectivity index (χ4v) is 1.93. The van der Waals surface area contributed by atoms with Gasteiger partial charge >= 0.3 is 5.51 Å². The predicted molar refractivity (Wildman–Crippen MR) is 50.9 cm³/mol. The van der Waals surface area contributed by atoms with Crippen molar-refractivity contribution in [3.63, 3.8) is 0 Å². The first-order valence-electron chi connectivity index (χ1n) is 4.66. The van der Waals surface area contributed by atoms with Crippen LogP contribution in [-0.4, -0.2) is 37.0 Å². The quantitative estimate of drug-likeness (QED) is 0.842. The molecule has 1 fully saturated rings. The van der Waals surface area contributed by atoms with Crippen molar-refractivity contribution in [2.45, 2.75) is 16.3 Å². The number of sulfone groups is 1. The molecule has 1 aromatic heterocycles. The Bertz CT molecular complexity index is 508. The van der Waals surface area contributed by atoms with Crippen molar-refractivity contribution in [1.82, 2.24) is 15.3 Å². The molecule has 94 valence electrons. The van der Waals surface area contributed by atoms with Gasteiger partial charge in [-0.3, -0.25) is 0 Å². The van der Waals surface area contributed by atoms with Gasteiger partial charge in [-0.2, -0.15) is 13.2 Å². The Labute approximate surface area is 95.0 Å². The number of rotatable bonds is 2. The van der Waals surface area contributed by atoms with Crippen LogP contribution in [-0.2, 0) is 9.84 Å². The van der Waals surface area contributed by atoms with Crippen LogP contribution < -0.4 is 5.32 Å². The lowest BCUT2D eigenvalue weighted by Gasteiger charge is -2.25. The molecule has 2 rings (SSSR count). The summed E-state index contributed by atoms with van der Waals surface area (Å²) < 4.78 is 58.6. The van der Waals surface area contributed by atoms with Crippen LogP contribution in [0.2, 0.25) is 0 Å². The highest BCUT2D eigenvalue weighted by molar-refractivity contribution is 7.92. The minimum atomic E-state index is -5.35. The highest BCUT2D eigenvalue weighted by Gasteiger charge is 2.47. The summed E-state index contributed by atoms with van der Waals surface area (Å²) in [6, 6.07) is 0. The third-order valence-corrected chi connectivity index (χ3v) is 3.85. The van der Waals surface area contributed by atoms with Crippen molar-refractivity contribution in [3.8, 4) is 0 Å². The largest absolute Gasteiger partial charge is 0.502 e. The molecule has 5 nitrogen and oxygen atoms in total. The molecule has 0 aliphatic carbocycles. The molecule has 0 aromatic carbocycles. The molecule has 2 heterocycles. The zero-order valence-corrected chi connectivity index (χ0v) is 9.22. The van der Waals surface area contributed by atoms with Crippen LogP contribution >= 0.6 is 0 Å². The summed E-state index contributed by atoms with van der Waals surface area (Å²) in [4.78, 5) is 6.37. The molecular weight excluding hydrogens is 259 g/mol. The highest BCUT2D eigenvalue weighted by atomic mass is 32.2. The van der Waals surface area contributed by atoms with Crippen molar-refractivity contribution in [1.29, 1.82) is 0 Å². The average Bonchev–Trinajstić information content (AvgIpc) is 2.14. The van der Waals surface area contributed by atoms with Gasteiger partial charge in [-0.15, -0.1) is 0 Å². The maximum absolute atomic E-state index is 12.2. The van der Waals surface area contributed by atoms with E-state index in [0.717, 1.165) is 0 Å². The monoisotopic (exact) mass is 267 g/mol. The molecule has 1 saturated heterocycles. The first-order chi connectivity index (χ1) is 7.82. The van der Waals surface area contributed by atoms with E-state index in [9.17, 15) is 21.6 Å². The Kier molecular flexibility index (Phi) is 2.82. The number of hydrogen-bond acceptors (Lipinski definition) is 5. The van der Waals surface area contributed by atoms with Crippen LogP contribution in [0.1, 0.15) is 11.7 Å². The molecule has 0 radical (unpaired) electrons. The standard InChI is InChI=1S/C8H8F3N3O2S/c9-8(10,11)17(15,16)6-3-13-7(14-4-6)5-1-12-2-5/h3-5,12H,1-2H2. The zero-order valence-electron chi connectivity index (χ0n) is 8.40. The number of alkyl halides is 3. The fraction of sp³-hybridized carbons (Fsp3) is 0.500. The van der Waals surface area contributed by atoms with E-state index in [4.69, 9.17) is 0 Å². The van der Waals surface area contributed by atoms with Gasteiger partial charge in [0.1, 0.15) is 10.7 Å². The molecule has 1 aliphatic heterocycles. The van der Waals surface area contributed by atoms with Crippen LogP contribution in [0.5, 0.6) is 0 Å². The van der Waals surface area contributed by atoms with Crippen molar-refractivity contribution < 1.29 is 21.6 Å². The first kappa shape index (κ1) is 12.2. The smallest absolute Gasteiger partial charge is 0.315 e. The second kappa shape index (κ2) is 3.91. The average molecular weight is 267 g/mol. The van der Waals surface area contributed by atoms with E-state index < -0.39 is 20.2 Å². The Balaban J connectivity index is 2.29. The fourth-order valence-electron chi connectivity index (χ4n) is 1.28. The normalized spacial score (nSPS) is 17.8. The molecule has 17 heavy (non-hydrogen) atoms. The lowest BCUT2D eigenvalue weighted by molar-refractivity contribution is -0.0436. The Hall–Kier alpha value is -1.22. The van der Waals surface area contributed by atoms with Crippen molar-refractivity contribution in [2.24, 2.45) is 0 Å². The molecule has 9 heteroatoms. The second-order valence-corrected chi connectivity index (χ2v) is 5.52. The predicted octanol–water partition coefficient (Wildman–Crippen LogP) is 0.457. The minimum Gasteiger partial charge on any atom is -0.315 e. The van der Waals surface area contributed by atoms with Gasteiger partial charge in [-0.05, 0) is 0 Å². The summed E-state index contributed by atoms with van der Waals surface area (Å²) in [5, 5.41) is 2.95. The SMILES string of the molecule is O=S(=O)(c1cnc(C2CNC2)nc1)C(F)(F)F. The topological polar surface area (TPSA) is 72.0 Å². The summed E-state index contributed by atoms with van der Waals surface area (Å²) in [6.07, 6.45) is 1.40. The first-order valence-corrected chi connectivity index (χ1v) is 6.14. The van der Waals surface area contributed by atoms with Crippen LogP contribution in [0.25, 0.3) is 0 Å². The number of hydrogen-bond donors (Lipinski definition) is 1. The molecule has 0 bridgehead atoms. The molecular formula is C8H8F3N3O2S. The van der Waals surface area contributed by atoms with E-state index >= 15 is 0 Å². The Morgan fingerprint density at radius 2 is 1.76 bits per heavy atom. The van der Waals surface area contributed by atoms with Crippen molar-refractivity contribution in [3.05, 3.63) is 18.2 Å². The van der Waals surface area contributed by atoms with E-state index in [2.05, 4.69) is 15.3 Å². The van der Waals surface area contributed by atoms with E-state index in [1.807, 2.05) is 0 Å². The Morgan fingerprint density at radius 3 is 2.12 bits per heavy atom. The summed E-state index contributed by atoms with van der Waals surface area (Å²) in [5.41, 5.74) is -5.32. The molecule has 1 aliphatic rings. The van der Waals surface area contributed by atoms with Gasteiger partial charge in [0.2, 0.25) is 0 Å². The third-order valence-electron chi connectivity index (χ3n) is 2.41. The number of aromatic nitrogens is 2. The van der Waals surface area contributed by atoms with Gasteiger partial charge in [-0.25, -0.2) is 18.4 Å². The van der Waals surface area contributed by atoms with Gasteiger partial charge in [-0.1, -0.05) is 0 Å². The minimum absolute atomic E-state index is 0.0395. The van der Waals surface area contributed by atoms with Crippen LogP contribution in [0.4, 0.5) is 13.2 Å². The van der Waals surface area contributed by atoms with Gasteiger partial charge < -0.3 is 5.32 Å². The number of halogens is 3. The highest BCUT2D eigenvalue weighted by Crippen LogP contribution is 2.29. The summed E-state index contributed by atoms with van der Waals surface area (Å²) in [6.45, 7) is 1.29. The molecule has 0 saturated carbocycles. The van der Waals surface area contributed by atoms with Crippen molar-refractivity contribution in [2.75, 3.05) is 13.1 Å². The van der Waals surface area contributed by atoms with Crippen LogP contribution in [0.3, 0.4) is 0 Å². The van der Waals surface area contributed by atoms with Gasteiger partial charge in [0.05, 0.1) is 0 Å². The summed E-state index contributed by atoms with van der Waals surface area (Å²) in [5.74, 6) is 0.391. The molecule has 0 atom stereocenters. The molecule has 0 unspecified atom stereocenters. The van der Waals surface area contributed by atoms with E-state index in [0.29, 0.717) is 31.3 Å². The Morgan fingerprint density at radius 1 is 1.24 bits per heavy atom. The van der Waals surface area contributed by atoms with Gasteiger partial charge in [0.15, 0.2) is 0 Å². The van der Waals surface area contributed by atoms with E-state index in [1.165, 1.54) is 0 Å². The van der Waals surface area contributed by atoms with Crippen LogP contribution in [0.15, 0.2) is 17.3 Å².